The van der Waals surface area contributed by atoms with Gasteiger partial charge >= 0.3 is 0 Å². The monoisotopic (exact) mass is 355 g/mol. The Bertz CT molecular complexity index is 587. The molecule has 3 amide bonds. The Morgan fingerprint density at radius 1 is 1.35 bits per heavy atom. The molecule has 0 aromatic carbocycles. The van der Waals surface area contributed by atoms with Gasteiger partial charge in [-0.2, -0.15) is 0 Å². The van der Waals surface area contributed by atoms with Crippen LogP contribution in [0.15, 0.2) is 22.9 Å². The summed E-state index contributed by atoms with van der Waals surface area (Å²) < 4.78 is 0.738. The van der Waals surface area contributed by atoms with E-state index in [9.17, 15) is 14.4 Å². The van der Waals surface area contributed by atoms with Crippen LogP contribution in [0.25, 0.3) is 0 Å². The lowest BCUT2D eigenvalue weighted by molar-refractivity contribution is -0.128. The molecule has 1 aromatic heterocycles. The zero-order chi connectivity index (χ0) is 14.3. The van der Waals surface area contributed by atoms with E-state index in [1.165, 1.54) is 11.1 Å². The number of hydrogen-bond donors (Lipinski definition) is 0. The molecule has 6 nitrogen and oxygen atoms in total. The van der Waals surface area contributed by atoms with Gasteiger partial charge in [0.2, 0.25) is 5.91 Å². The predicted molar refractivity (Wildman–Crippen MR) is 76.3 cm³/mol. The largest absolute Gasteiger partial charge is 0.334 e. The molecule has 0 N–H and O–H groups in total. The second kappa shape index (κ2) is 5.17. The first-order valence-electron chi connectivity index (χ1n) is 5.95. The number of aromatic nitrogens is 1. The van der Waals surface area contributed by atoms with Gasteiger partial charge in [0.25, 0.3) is 11.1 Å². The van der Waals surface area contributed by atoms with Crippen molar-refractivity contribution in [2.75, 3.05) is 18.8 Å². The van der Waals surface area contributed by atoms with Crippen LogP contribution in [-0.4, -0.2) is 56.7 Å². The van der Waals surface area contributed by atoms with Crippen LogP contribution in [0.1, 0.15) is 10.4 Å². The molecule has 0 bridgehead atoms. The molecule has 0 radical (unpaired) electrons. The lowest BCUT2D eigenvalue weighted by Crippen LogP contribution is -2.62. The van der Waals surface area contributed by atoms with Gasteiger partial charge in [0.1, 0.15) is 0 Å². The maximum absolute atomic E-state index is 12.2. The third kappa shape index (κ3) is 2.33. The Kier molecular flexibility index (Phi) is 3.51. The van der Waals surface area contributed by atoms with Crippen molar-refractivity contribution in [3.8, 4) is 0 Å². The standard InChI is InChI=1S/C12H10BrN3O3S/c13-8-1-7(2-14-3-8)11(18)15-4-9(5-15)16-10(17)6-20-12(16)19/h1-3,9H,4-6H2. The number of likely N-dealkylation sites (tertiary alicyclic amines) is 1. The zero-order valence-corrected chi connectivity index (χ0v) is 12.7. The lowest BCUT2D eigenvalue weighted by atomic mass is 10.1. The number of hydrogen-bond acceptors (Lipinski definition) is 5. The highest BCUT2D eigenvalue weighted by molar-refractivity contribution is 9.10. The van der Waals surface area contributed by atoms with Crippen molar-refractivity contribution in [3.05, 3.63) is 28.5 Å². The fraction of sp³-hybridized carbons (Fsp3) is 0.333. The average molecular weight is 356 g/mol. The third-order valence-corrected chi connectivity index (χ3v) is 4.52. The summed E-state index contributed by atoms with van der Waals surface area (Å²) in [5.74, 6) is -0.0956. The summed E-state index contributed by atoms with van der Waals surface area (Å²) >= 11 is 4.28. The molecule has 2 aliphatic heterocycles. The summed E-state index contributed by atoms with van der Waals surface area (Å²) in [5.41, 5.74) is 0.492. The summed E-state index contributed by atoms with van der Waals surface area (Å²) in [4.78, 5) is 42.1. The maximum Gasteiger partial charge on any atom is 0.289 e. The molecule has 0 unspecified atom stereocenters. The molecule has 2 aliphatic rings. The minimum atomic E-state index is -0.212. The van der Waals surface area contributed by atoms with Gasteiger partial charge in [-0.3, -0.25) is 24.3 Å². The zero-order valence-electron chi connectivity index (χ0n) is 10.3. The Hall–Kier alpha value is -1.41. The molecule has 0 atom stereocenters. The van der Waals surface area contributed by atoms with Gasteiger partial charge < -0.3 is 4.90 Å². The number of rotatable bonds is 2. The Labute approximate surface area is 127 Å². The first kappa shape index (κ1) is 13.6. The number of amides is 3. The van der Waals surface area contributed by atoms with Crippen LogP contribution >= 0.6 is 27.7 Å². The van der Waals surface area contributed by atoms with Crippen LogP contribution < -0.4 is 0 Å². The average Bonchev–Trinajstić information content (AvgIpc) is 2.69. The van der Waals surface area contributed by atoms with E-state index in [4.69, 9.17) is 0 Å². The van der Waals surface area contributed by atoms with Crippen molar-refractivity contribution in [2.45, 2.75) is 6.04 Å². The highest BCUT2D eigenvalue weighted by atomic mass is 79.9. The Balaban J connectivity index is 1.64. The second-order valence-corrected chi connectivity index (χ2v) is 6.42. The van der Waals surface area contributed by atoms with Crippen molar-refractivity contribution >= 4 is 44.7 Å². The van der Waals surface area contributed by atoms with Crippen LogP contribution in [0.2, 0.25) is 0 Å². The Morgan fingerprint density at radius 2 is 2.10 bits per heavy atom. The summed E-state index contributed by atoms with van der Waals surface area (Å²) in [6.45, 7) is 0.784. The molecule has 8 heteroatoms. The van der Waals surface area contributed by atoms with Crippen LogP contribution in [0.3, 0.4) is 0 Å². The molecule has 0 aliphatic carbocycles. The van der Waals surface area contributed by atoms with Gasteiger partial charge in [0.15, 0.2) is 0 Å². The highest BCUT2D eigenvalue weighted by Gasteiger charge is 2.43. The molecule has 0 saturated carbocycles. The van der Waals surface area contributed by atoms with Crippen LogP contribution in [-0.2, 0) is 4.79 Å². The van der Waals surface area contributed by atoms with Crippen LogP contribution in [0, 0.1) is 0 Å². The van der Waals surface area contributed by atoms with Gasteiger partial charge in [0.05, 0.1) is 17.4 Å². The van der Waals surface area contributed by atoms with E-state index in [1.54, 1.807) is 17.2 Å². The fourth-order valence-electron chi connectivity index (χ4n) is 2.21. The van der Waals surface area contributed by atoms with Gasteiger partial charge in [-0.15, -0.1) is 0 Å². The third-order valence-electron chi connectivity index (χ3n) is 3.25. The summed E-state index contributed by atoms with van der Waals surface area (Å²) in [5, 5.41) is -0.212. The molecular formula is C12H10BrN3O3S. The molecule has 1 aromatic rings. The Morgan fingerprint density at radius 3 is 2.70 bits per heavy atom. The molecule has 2 fully saturated rings. The van der Waals surface area contributed by atoms with E-state index < -0.39 is 0 Å². The predicted octanol–water partition coefficient (Wildman–Crippen LogP) is 1.36. The number of nitrogens with zero attached hydrogens (tertiary/aromatic N) is 3. The van der Waals surface area contributed by atoms with Crippen molar-refractivity contribution in [2.24, 2.45) is 0 Å². The van der Waals surface area contributed by atoms with Gasteiger partial charge in [0, 0.05) is 30.0 Å². The maximum atomic E-state index is 12.2. The molecule has 3 rings (SSSR count). The van der Waals surface area contributed by atoms with Gasteiger partial charge in [-0.25, -0.2) is 0 Å². The van der Waals surface area contributed by atoms with Crippen molar-refractivity contribution in [1.82, 2.24) is 14.8 Å². The van der Waals surface area contributed by atoms with Crippen molar-refractivity contribution in [3.63, 3.8) is 0 Å². The quantitative estimate of drug-likeness (QED) is 0.800. The molecule has 0 spiro atoms. The van der Waals surface area contributed by atoms with Gasteiger partial charge in [-0.1, -0.05) is 11.8 Å². The van der Waals surface area contributed by atoms with Crippen molar-refractivity contribution in [1.29, 1.82) is 0 Å². The second-order valence-electron chi connectivity index (χ2n) is 4.57. The number of halogens is 1. The SMILES string of the molecule is O=C(c1cncc(Br)c1)N1CC(N2C(=O)CSC2=O)C1. The number of thioether (sulfide) groups is 1. The molecule has 20 heavy (non-hydrogen) atoms. The number of imide groups is 1. The first-order valence-corrected chi connectivity index (χ1v) is 7.73. The molecule has 2 saturated heterocycles. The topological polar surface area (TPSA) is 70.6 Å². The molecular weight excluding hydrogens is 346 g/mol. The molecule has 3 heterocycles. The minimum absolute atomic E-state index is 0.137. The smallest absolute Gasteiger partial charge is 0.289 e. The fourth-order valence-corrected chi connectivity index (χ4v) is 3.35. The van der Waals surface area contributed by atoms with Gasteiger partial charge in [-0.05, 0) is 22.0 Å². The van der Waals surface area contributed by atoms with Crippen molar-refractivity contribution < 1.29 is 14.4 Å². The van der Waals surface area contributed by atoms with E-state index in [1.807, 2.05) is 0 Å². The number of carbonyl (C=O) groups is 3. The van der Waals surface area contributed by atoms with E-state index >= 15 is 0 Å². The van der Waals surface area contributed by atoms with E-state index in [0.29, 0.717) is 18.7 Å². The summed E-state index contributed by atoms with van der Waals surface area (Å²) in [6.07, 6.45) is 3.11. The number of carbonyl (C=O) groups excluding carboxylic acids is 3. The van der Waals surface area contributed by atoms with E-state index in [-0.39, 0.29) is 28.8 Å². The normalized spacial score (nSPS) is 19.4. The minimum Gasteiger partial charge on any atom is -0.334 e. The first-order chi connectivity index (χ1) is 9.56. The number of pyridine rings is 1. The van der Waals surface area contributed by atoms with E-state index in [0.717, 1.165) is 16.2 Å². The highest BCUT2D eigenvalue weighted by Crippen LogP contribution is 2.27. The van der Waals surface area contributed by atoms with Crippen LogP contribution in [0.5, 0.6) is 0 Å². The summed E-state index contributed by atoms with van der Waals surface area (Å²) in [7, 11) is 0. The summed E-state index contributed by atoms with van der Waals surface area (Å²) in [6, 6.07) is 1.51. The van der Waals surface area contributed by atoms with E-state index in [2.05, 4.69) is 20.9 Å². The van der Waals surface area contributed by atoms with Crippen LogP contribution in [0.4, 0.5) is 4.79 Å². The lowest BCUT2D eigenvalue weighted by Gasteiger charge is -2.42. The molecule has 104 valence electrons.